The van der Waals surface area contributed by atoms with E-state index in [1.165, 1.54) is 0 Å². The fourth-order valence-corrected chi connectivity index (χ4v) is 1.60. The van der Waals surface area contributed by atoms with Crippen molar-refractivity contribution in [2.24, 2.45) is 11.5 Å². The monoisotopic (exact) mass is 244 g/mol. The van der Waals surface area contributed by atoms with Crippen LogP contribution in [0.2, 0.25) is 0 Å². The molecule has 0 aliphatic rings. The van der Waals surface area contributed by atoms with Gasteiger partial charge in [-0.3, -0.25) is 0 Å². The molecule has 0 spiro atoms. The second-order valence-corrected chi connectivity index (χ2v) is 3.58. The third-order valence-corrected chi connectivity index (χ3v) is 2.58. The molecule has 4 heteroatoms. The Balaban J connectivity index is 3.03. The van der Waals surface area contributed by atoms with Gasteiger partial charge >= 0.3 is 0 Å². The Kier molecular flexibility index (Phi) is 3.71. The van der Waals surface area contributed by atoms with Crippen molar-refractivity contribution in [2.45, 2.75) is 6.04 Å². The van der Waals surface area contributed by atoms with Gasteiger partial charge in [-0.25, -0.2) is 0 Å². The predicted molar refractivity (Wildman–Crippen MR) is 56.7 cm³/mol. The van der Waals surface area contributed by atoms with Gasteiger partial charge in [-0.15, -0.1) is 0 Å². The molecular formula is C9H13BrN2O. The zero-order valence-electron chi connectivity index (χ0n) is 7.46. The molecule has 0 aliphatic carbocycles. The summed E-state index contributed by atoms with van der Waals surface area (Å²) in [4.78, 5) is 0. The van der Waals surface area contributed by atoms with Crippen LogP contribution >= 0.6 is 15.9 Å². The van der Waals surface area contributed by atoms with Gasteiger partial charge in [0.15, 0.2) is 0 Å². The van der Waals surface area contributed by atoms with Gasteiger partial charge in [-0.1, -0.05) is 15.9 Å². The maximum atomic E-state index is 5.81. The first-order valence-electron chi connectivity index (χ1n) is 3.98. The molecule has 0 aliphatic heterocycles. The Morgan fingerprint density at radius 1 is 1.54 bits per heavy atom. The van der Waals surface area contributed by atoms with Crippen LogP contribution in [0.1, 0.15) is 11.6 Å². The Morgan fingerprint density at radius 3 is 2.77 bits per heavy atom. The molecule has 1 rings (SSSR count). The summed E-state index contributed by atoms with van der Waals surface area (Å²) in [6, 6.07) is 5.52. The average Bonchev–Trinajstić information content (AvgIpc) is 2.17. The van der Waals surface area contributed by atoms with E-state index in [0.717, 1.165) is 15.8 Å². The molecule has 3 nitrogen and oxygen atoms in total. The van der Waals surface area contributed by atoms with Gasteiger partial charge in [-0.2, -0.15) is 0 Å². The zero-order valence-corrected chi connectivity index (χ0v) is 9.04. The van der Waals surface area contributed by atoms with Crippen LogP contribution in [0.4, 0.5) is 0 Å². The molecule has 1 atom stereocenters. The van der Waals surface area contributed by atoms with Crippen molar-refractivity contribution in [3.63, 3.8) is 0 Å². The van der Waals surface area contributed by atoms with Crippen molar-refractivity contribution in [1.82, 2.24) is 0 Å². The van der Waals surface area contributed by atoms with Crippen LogP contribution in [0.5, 0.6) is 5.75 Å². The van der Waals surface area contributed by atoms with E-state index < -0.39 is 0 Å². The van der Waals surface area contributed by atoms with Gasteiger partial charge < -0.3 is 16.2 Å². The molecule has 72 valence electrons. The highest BCUT2D eigenvalue weighted by atomic mass is 79.9. The number of rotatable bonds is 3. The lowest BCUT2D eigenvalue weighted by atomic mass is 10.1. The minimum atomic E-state index is -0.149. The fraction of sp³-hybridized carbons (Fsp3) is 0.333. The van der Waals surface area contributed by atoms with Gasteiger partial charge in [0.05, 0.1) is 7.11 Å². The van der Waals surface area contributed by atoms with Crippen molar-refractivity contribution >= 4 is 15.9 Å². The summed E-state index contributed by atoms with van der Waals surface area (Å²) in [6.07, 6.45) is 0. The Labute approximate surface area is 86.2 Å². The van der Waals surface area contributed by atoms with Crippen molar-refractivity contribution in [2.75, 3.05) is 13.7 Å². The molecule has 13 heavy (non-hydrogen) atoms. The van der Waals surface area contributed by atoms with Crippen LogP contribution in [0.25, 0.3) is 0 Å². The first kappa shape index (κ1) is 10.5. The molecule has 1 aromatic rings. The maximum absolute atomic E-state index is 5.81. The van der Waals surface area contributed by atoms with Crippen LogP contribution < -0.4 is 16.2 Å². The summed E-state index contributed by atoms with van der Waals surface area (Å²) in [6.45, 7) is 0.422. The highest BCUT2D eigenvalue weighted by Gasteiger charge is 2.08. The summed E-state index contributed by atoms with van der Waals surface area (Å²) in [5.74, 6) is 0.794. The second kappa shape index (κ2) is 4.60. The lowest BCUT2D eigenvalue weighted by Crippen LogP contribution is -2.21. The smallest absolute Gasteiger partial charge is 0.119 e. The van der Waals surface area contributed by atoms with E-state index in [4.69, 9.17) is 16.2 Å². The van der Waals surface area contributed by atoms with Gasteiger partial charge in [0.2, 0.25) is 0 Å². The molecule has 0 saturated carbocycles. The van der Waals surface area contributed by atoms with Crippen molar-refractivity contribution < 1.29 is 4.74 Å². The molecule has 0 fully saturated rings. The number of methoxy groups -OCH3 is 1. The van der Waals surface area contributed by atoms with E-state index in [2.05, 4.69) is 15.9 Å². The summed E-state index contributed by atoms with van der Waals surface area (Å²) in [5.41, 5.74) is 12.3. The molecule has 0 amide bonds. The van der Waals surface area contributed by atoms with Crippen LogP contribution in [-0.4, -0.2) is 13.7 Å². The molecule has 0 aromatic heterocycles. The maximum Gasteiger partial charge on any atom is 0.119 e. The number of halogens is 1. The van der Waals surface area contributed by atoms with E-state index in [9.17, 15) is 0 Å². The Morgan fingerprint density at radius 2 is 2.23 bits per heavy atom. The minimum absolute atomic E-state index is 0.149. The van der Waals surface area contributed by atoms with Crippen molar-refractivity contribution in [3.05, 3.63) is 28.2 Å². The highest BCUT2D eigenvalue weighted by Crippen LogP contribution is 2.26. The minimum Gasteiger partial charge on any atom is -0.497 e. The van der Waals surface area contributed by atoms with E-state index >= 15 is 0 Å². The molecule has 4 N–H and O–H groups in total. The number of hydrogen-bond acceptors (Lipinski definition) is 3. The normalized spacial score (nSPS) is 12.6. The predicted octanol–water partition coefficient (Wildman–Crippen LogP) is 1.42. The summed E-state index contributed by atoms with van der Waals surface area (Å²) < 4.78 is 6.05. The lowest BCUT2D eigenvalue weighted by molar-refractivity contribution is 0.413. The first-order valence-corrected chi connectivity index (χ1v) is 4.77. The van der Waals surface area contributed by atoms with Gasteiger partial charge in [0.25, 0.3) is 0 Å². The van der Waals surface area contributed by atoms with Gasteiger partial charge in [0.1, 0.15) is 5.75 Å². The standard InChI is InChI=1S/C9H13BrN2O/c1-13-6-2-3-8(10)7(4-6)9(12)5-11/h2-4,9H,5,11-12H2,1H3/t9-/m0/s1. The molecule has 0 saturated heterocycles. The second-order valence-electron chi connectivity index (χ2n) is 2.73. The largest absolute Gasteiger partial charge is 0.497 e. The first-order chi connectivity index (χ1) is 6.19. The molecule has 0 bridgehead atoms. The number of ether oxygens (including phenoxy) is 1. The molecule has 0 unspecified atom stereocenters. The highest BCUT2D eigenvalue weighted by molar-refractivity contribution is 9.10. The lowest BCUT2D eigenvalue weighted by Gasteiger charge is -2.12. The molecule has 1 aromatic carbocycles. The van der Waals surface area contributed by atoms with Crippen LogP contribution in [0, 0.1) is 0 Å². The van der Waals surface area contributed by atoms with Crippen molar-refractivity contribution in [1.29, 1.82) is 0 Å². The Bertz CT molecular complexity index is 291. The number of nitrogens with two attached hydrogens (primary N) is 2. The number of benzene rings is 1. The van der Waals surface area contributed by atoms with E-state index in [-0.39, 0.29) is 6.04 Å². The van der Waals surface area contributed by atoms with Crippen LogP contribution in [0.15, 0.2) is 22.7 Å². The number of hydrogen-bond donors (Lipinski definition) is 2. The van der Waals surface area contributed by atoms with E-state index in [1.54, 1.807) is 7.11 Å². The van der Waals surface area contributed by atoms with E-state index in [1.807, 2.05) is 18.2 Å². The van der Waals surface area contributed by atoms with Gasteiger partial charge in [0, 0.05) is 17.1 Å². The van der Waals surface area contributed by atoms with Crippen LogP contribution in [-0.2, 0) is 0 Å². The summed E-state index contributed by atoms with van der Waals surface area (Å²) >= 11 is 3.41. The quantitative estimate of drug-likeness (QED) is 0.846. The SMILES string of the molecule is COc1ccc(Br)c([C@@H](N)CN)c1. The zero-order chi connectivity index (χ0) is 9.84. The Hall–Kier alpha value is -0.580. The van der Waals surface area contributed by atoms with Crippen LogP contribution in [0.3, 0.4) is 0 Å². The average molecular weight is 245 g/mol. The van der Waals surface area contributed by atoms with Gasteiger partial charge in [-0.05, 0) is 23.8 Å². The summed E-state index contributed by atoms with van der Waals surface area (Å²) in [5, 5.41) is 0. The third-order valence-electron chi connectivity index (χ3n) is 1.86. The molecule has 0 radical (unpaired) electrons. The fourth-order valence-electron chi connectivity index (χ4n) is 1.06. The molecular weight excluding hydrogens is 232 g/mol. The topological polar surface area (TPSA) is 61.3 Å². The molecule has 0 heterocycles. The van der Waals surface area contributed by atoms with E-state index in [0.29, 0.717) is 6.54 Å². The third kappa shape index (κ3) is 2.43. The van der Waals surface area contributed by atoms with Crippen molar-refractivity contribution in [3.8, 4) is 5.75 Å². The summed E-state index contributed by atoms with van der Waals surface area (Å²) in [7, 11) is 1.63.